The molecule has 0 fully saturated rings. The first-order valence-corrected chi connectivity index (χ1v) is 7.18. The Morgan fingerprint density at radius 1 is 1.15 bits per heavy atom. The Morgan fingerprint density at radius 3 is 3.15 bits per heavy atom. The molecule has 0 spiro atoms. The van der Waals surface area contributed by atoms with E-state index in [1.165, 1.54) is 27.5 Å². The summed E-state index contributed by atoms with van der Waals surface area (Å²) in [4.78, 5) is 4.75. The van der Waals surface area contributed by atoms with Gasteiger partial charge in [-0.05, 0) is 28.8 Å². The zero-order chi connectivity index (χ0) is 13.1. The van der Waals surface area contributed by atoms with Gasteiger partial charge in [-0.1, -0.05) is 42.5 Å². The van der Waals surface area contributed by atoms with Crippen LogP contribution in [0.2, 0.25) is 0 Å². The third kappa shape index (κ3) is 1.21. The van der Waals surface area contributed by atoms with Crippen LogP contribution >= 0.6 is 0 Å². The first kappa shape index (κ1) is 10.4. The second-order valence-electron chi connectivity index (χ2n) is 5.63. The third-order valence-corrected chi connectivity index (χ3v) is 4.57. The van der Waals surface area contributed by atoms with Crippen molar-refractivity contribution in [2.75, 3.05) is 6.54 Å². The van der Waals surface area contributed by atoms with E-state index in [1.54, 1.807) is 0 Å². The van der Waals surface area contributed by atoms with Crippen LogP contribution in [0.4, 0.5) is 0 Å². The van der Waals surface area contributed by atoms with E-state index in [0.29, 0.717) is 5.92 Å². The fourth-order valence-corrected chi connectivity index (χ4v) is 3.68. The Labute approximate surface area is 117 Å². The fraction of sp³-hybridized carbons (Fsp3) is 0.167. The van der Waals surface area contributed by atoms with Gasteiger partial charge in [0.1, 0.15) is 5.82 Å². The Bertz CT molecular complexity index is 879. The molecule has 5 rings (SSSR count). The van der Waals surface area contributed by atoms with Crippen molar-refractivity contribution in [1.29, 1.82) is 0 Å². The van der Waals surface area contributed by atoms with E-state index in [4.69, 9.17) is 4.99 Å². The van der Waals surface area contributed by atoms with Crippen LogP contribution in [0.15, 0.2) is 58.9 Å². The van der Waals surface area contributed by atoms with Crippen molar-refractivity contribution in [2.45, 2.75) is 12.3 Å². The van der Waals surface area contributed by atoms with Crippen molar-refractivity contribution in [3.63, 3.8) is 0 Å². The lowest BCUT2D eigenvalue weighted by Crippen LogP contribution is -2.25. The highest BCUT2D eigenvalue weighted by molar-refractivity contribution is 5.77. The molecule has 0 bridgehead atoms. The van der Waals surface area contributed by atoms with Crippen molar-refractivity contribution >= 4 is 11.6 Å². The number of allylic oxidation sites excluding steroid dienone is 6. The Balaban J connectivity index is 1.86. The maximum atomic E-state index is 4.75. The molecule has 2 heteroatoms. The van der Waals surface area contributed by atoms with E-state index >= 15 is 0 Å². The first-order valence-electron chi connectivity index (χ1n) is 7.18. The maximum absolute atomic E-state index is 4.75. The minimum absolute atomic E-state index is 0.387. The van der Waals surface area contributed by atoms with E-state index < -0.39 is 0 Å². The highest BCUT2D eigenvalue weighted by Crippen LogP contribution is 2.37. The molecule has 2 aliphatic carbocycles. The lowest BCUT2D eigenvalue weighted by molar-refractivity contribution is 0.852. The molecule has 96 valence electrons. The van der Waals surface area contributed by atoms with Gasteiger partial charge in [-0.2, -0.15) is 0 Å². The van der Waals surface area contributed by atoms with Crippen LogP contribution < -0.4 is 15.9 Å². The summed E-state index contributed by atoms with van der Waals surface area (Å²) in [5, 5.41) is 5.88. The van der Waals surface area contributed by atoms with Gasteiger partial charge < -0.3 is 5.32 Å². The van der Waals surface area contributed by atoms with Crippen molar-refractivity contribution in [3.8, 4) is 0 Å². The summed E-state index contributed by atoms with van der Waals surface area (Å²) in [6.45, 7) is 1.02. The van der Waals surface area contributed by atoms with Crippen LogP contribution in [0, 0.1) is 0 Å². The summed E-state index contributed by atoms with van der Waals surface area (Å²) >= 11 is 0. The summed E-state index contributed by atoms with van der Waals surface area (Å²) in [7, 11) is 0. The third-order valence-electron chi connectivity index (χ3n) is 4.57. The first-order chi connectivity index (χ1) is 9.92. The van der Waals surface area contributed by atoms with Gasteiger partial charge in [0.05, 0.1) is 5.36 Å². The van der Waals surface area contributed by atoms with Crippen molar-refractivity contribution in [1.82, 2.24) is 5.32 Å². The summed E-state index contributed by atoms with van der Waals surface area (Å²) in [6, 6.07) is 4.37. The topological polar surface area (TPSA) is 24.4 Å². The summed E-state index contributed by atoms with van der Waals surface area (Å²) in [5.41, 5.74) is 5.62. The van der Waals surface area contributed by atoms with E-state index in [2.05, 4.69) is 53.9 Å². The van der Waals surface area contributed by atoms with Gasteiger partial charge in [0.15, 0.2) is 0 Å². The van der Waals surface area contributed by atoms with Gasteiger partial charge in [-0.3, -0.25) is 0 Å². The average Bonchev–Trinajstić information content (AvgIpc) is 3.07. The molecule has 0 aromatic heterocycles. The van der Waals surface area contributed by atoms with Gasteiger partial charge in [0.2, 0.25) is 0 Å². The molecule has 1 unspecified atom stereocenters. The molecule has 1 aromatic carbocycles. The average molecular weight is 258 g/mol. The maximum Gasteiger partial charge on any atom is 0.130 e. The van der Waals surface area contributed by atoms with Crippen molar-refractivity contribution < 1.29 is 0 Å². The van der Waals surface area contributed by atoms with Gasteiger partial charge in [0.25, 0.3) is 0 Å². The molecule has 0 saturated heterocycles. The molecule has 2 heterocycles. The number of hydrogen-bond donors (Lipinski definition) is 1. The molecule has 1 aromatic rings. The second-order valence-corrected chi connectivity index (χ2v) is 5.63. The van der Waals surface area contributed by atoms with Gasteiger partial charge in [-0.15, -0.1) is 0 Å². The number of nitrogens with one attached hydrogen (secondary N) is 1. The second kappa shape index (κ2) is 3.60. The number of rotatable bonds is 0. The molecule has 0 radical (unpaired) electrons. The van der Waals surface area contributed by atoms with E-state index in [0.717, 1.165) is 24.1 Å². The summed E-state index contributed by atoms with van der Waals surface area (Å²) in [5.74, 6) is 1.48. The molecule has 0 saturated carbocycles. The van der Waals surface area contributed by atoms with Gasteiger partial charge in [0, 0.05) is 23.6 Å². The monoisotopic (exact) mass is 258 g/mol. The molecular weight excluding hydrogens is 244 g/mol. The van der Waals surface area contributed by atoms with E-state index in [1.807, 2.05) is 0 Å². The van der Waals surface area contributed by atoms with E-state index in [-0.39, 0.29) is 0 Å². The quantitative estimate of drug-likeness (QED) is 0.755. The van der Waals surface area contributed by atoms with Gasteiger partial charge in [-0.25, -0.2) is 4.99 Å². The number of hydrogen-bond acceptors (Lipinski definition) is 2. The Morgan fingerprint density at radius 2 is 2.15 bits per heavy atom. The zero-order valence-corrected chi connectivity index (χ0v) is 11.1. The predicted molar refractivity (Wildman–Crippen MR) is 80.3 cm³/mol. The van der Waals surface area contributed by atoms with Gasteiger partial charge >= 0.3 is 0 Å². The molecule has 1 atom stereocenters. The summed E-state index contributed by atoms with van der Waals surface area (Å²) < 4.78 is 0. The van der Waals surface area contributed by atoms with Crippen LogP contribution in [0.3, 0.4) is 0 Å². The molecule has 0 amide bonds. The lowest BCUT2D eigenvalue weighted by Gasteiger charge is -2.23. The fourth-order valence-electron chi connectivity index (χ4n) is 3.68. The van der Waals surface area contributed by atoms with Crippen LogP contribution in [0.25, 0.3) is 11.6 Å². The zero-order valence-electron chi connectivity index (χ0n) is 11.1. The van der Waals surface area contributed by atoms with Crippen LogP contribution in [0.5, 0.6) is 0 Å². The smallest absolute Gasteiger partial charge is 0.130 e. The highest BCUT2D eigenvalue weighted by atomic mass is 15.1. The Hall–Kier alpha value is -2.35. The molecular formula is C18H14N2. The predicted octanol–water partition coefficient (Wildman–Crippen LogP) is 1.91. The van der Waals surface area contributed by atoms with E-state index in [9.17, 15) is 0 Å². The molecule has 1 N–H and O–H groups in total. The minimum Gasteiger partial charge on any atom is -0.369 e. The highest BCUT2D eigenvalue weighted by Gasteiger charge is 2.29. The van der Waals surface area contributed by atoms with Crippen molar-refractivity contribution in [2.24, 2.45) is 4.99 Å². The minimum atomic E-state index is 0.387. The Kier molecular flexibility index (Phi) is 1.88. The molecule has 2 aliphatic heterocycles. The van der Waals surface area contributed by atoms with Crippen molar-refractivity contribution in [3.05, 3.63) is 75.6 Å². The molecule has 4 aliphatic rings. The van der Waals surface area contributed by atoms with Crippen LogP contribution in [0.1, 0.15) is 23.5 Å². The largest absolute Gasteiger partial charge is 0.369 e. The number of benzene rings is 1. The standard InChI is InChI=1S/C18H14N2/c1-2-4-13-11(3-1)5-6-12-7-8-15-17(16(12)13)14-9-10-19-18(14)20-15/h1-8,13,19H,9-10H2. The van der Waals surface area contributed by atoms with Crippen LogP contribution in [-0.4, -0.2) is 6.54 Å². The number of nitrogens with zero attached hydrogens (tertiary/aromatic N) is 1. The number of fused-ring (bicyclic) bond motifs is 6. The SMILES string of the molecule is C1=CC2=CC=c3ccc4c(c3C2C=C1)C1=C(N=4)NCC1. The van der Waals surface area contributed by atoms with Crippen LogP contribution in [-0.2, 0) is 0 Å². The molecule has 20 heavy (non-hydrogen) atoms. The molecule has 2 nitrogen and oxygen atoms in total. The normalized spacial score (nSPS) is 24.0. The summed E-state index contributed by atoms with van der Waals surface area (Å²) in [6.07, 6.45) is 14.4. The lowest BCUT2D eigenvalue weighted by atomic mass is 9.79.